The highest BCUT2D eigenvalue weighted by atomic mass is 15.3. The van der Waals surface area contributed by atoms with E-state index in [4.69, 9.17) is 4.98 Å². The predicted octanol–water partition coefficient (Wildman–Crippen LogP) is 3.02. The van der Waals surface area contributed by atoms with E-state index in [1.807, 2.05) is 18.2 Å². The zero-order valence-electron chi connectivity index (χ0n) is 12.4. The number of aromatic nitrogens is 3. The van der Waals surface area contributed by atoms with Gasteiger partial charge in [-0.25, -0.2) is 0 Å². The van der Waals surface area contributed by atoms with Gasteiger partial charge in [-0.15, -0.1) is 5.10 Å². The van der Waals surface area contributed by atoms with Gasteiger partial charge < -0.3 is 9.80 Å². The molecule has 110 valence electrons. The van der Waals surface area contributed by atoms with E-state index in [1.54, 1.807) is 6.20 Å². The predicted molar refractivity (Wildman–Crippen MR) is 85.0 cm³/mol. The summed E-state index contributed by atoms with van der Waals surface area (Å²) in [7, 11) is 0. The molecule has 5 heteroatoms. The molecule has 1 aliphatic heterocycles. The summed E-state index contributed by atoms with van der Waals surface area (Å²) >= 11 is 0. The molecule has 0 radical (unpaired) electrons. The van der Waals surface area contributed by atoms with Gasteiger partial charge in [0.15, 0.2) is 5.82 Å². The molecule has 1 aliphatic rings. The van der Waals surface area contributed by atoms with Gasteiger partial charge in [0, 0.05) is 25.3 Å². The van der Waals surface area contributed by atoms with E-state index in [0.29, 0.717) is 0 Å². The van der Waals surface area contributed by atoms with Gasteiger partial charge in [-0.2, -0.15) is 10.1 Å². The van der Waals surface area contributed by atoms with E-state index in [1.165, 1.54) is 19.3 Å². The van der Waals surface area contributed by atoms with Crippen molar-refractivity contribution in [3.63, 3.8) is 0 Å². The summed E-state index contributed by atoms with van der Waals surface area (Å²) in [6.07, 6.45) is 5.46. The molecule has 3 rings (SSSR count). The Morgan fingerprint density at radius 2 is 1.86 bits per heavy atom. The van der Waals surface area contributed by atoms with Crippen molar-refractivity contribution < 1.29 is 0 Å². The van der Waals surface area contributed by atoms with Crippen molar-refractivity contribution in [3.05, 3.63) is 36.5 Å². The van der Waals surface area contributed by atoms with Crippen LogP contribution in [0.2, 0.25) is 0 Å². The molecule has 0 saturated carbocycles. The topological polar surface area (TPSA) is 45.2 Å². The number of anilines is 3. The SMILES string of the molecule is CCN(c1ccccc1)c1cnnc(N2CCCCC2)n1. The summed E-state index contributed by atoms with van der Waals surface area (Å²) < 4.78 is 0. The van der Waals surface area contributed by atoms with E-state index in [9.17, 15) is 0 Å². The van der Waals surface area contributed by atoms with Crippen molar-refractivity contribution in [3.8, 4) is 0 Å². The van der Waals surface area contributed by atoms with Crippen LogP contribution in [-0.4, -0.2) is 34.8 Å². The second-order valence-electron chi connectivity index (χ2n) is 5.24. The summed E-state index contributed by atoms with van der Waals surface area (Å²) in [4.78, 5) is 9.11. The van der Waals surface area contributed by atoms with Gasteiger partial charge >= 0.3 is 0 Å². The second kappa shape index (κ2) is 6.52. The first-order valence-corrected chi connectivity index (χ1v) is 7.65. The van der Waals surface area contributed by atoms with Crippen LogP contribution in [-0.2, 0) is 0 Å². The normalized spacial score (nSPS) is 15.0. The Morgan fingerprint density at radius 1 is 1.10 bits per heavy atom. The highest BCUT2D eigenvalue weighted by Crippen LogP contribution is 2.24. The largest absolute Gasteiger partial charge is 0.339 e. The summed E-state index contributed by atoms with van der Waals surface area (Å²) in [5, 5.41) is 8.37. The van der Waals surface area contributed by atoms with Gasteiger partial charge in [0.2, 0.25) is 5.95 Å². The van der Waals surface area contributed by atoms with Gasteiger partial charge in [0.25, 0.3) is 0 Å². The van der Waals surface area contributed by atoms with Gasteiger partial charge in [-0.1, -0.05) is 18.2 Å². The first kappa shape index (κ1) is 13.8. The first-order valence-electron chi connectivity index (χ1n) is 7.65. The summed E-state index contributed by atoms with van der Waals surface area (Å²) in [6, 6.07) is 10.3. The Bertz CT molecular complexity index is 566. The molecule has 0 atom stereocenters. The number of piperidine rings is 1. The van der Waals surface area contributed by atoms with Crippen LogP contribution < -0.4 is 9.80 Å². The van der Waals surface area contributed by atoms with Crippen LogP contribution in [0.25, 0.3) is 0 Å². The number of nitrogens with zero attached hydrogens (tertiary/aromatic N) is 5. The van der Waals surface area contributed by atoms with Crippen LogP contribution in [0.3, 0.4) is 0 Å². The molecule has 1 saturated heterocycles. The number of rotatable bonds is 4. The maximum atomic E-state index is 4.72. The number of hydrogen-bond acceptors (Lipinski definition) is 5. The third kappa shape index (κ3) is 3.12. The lowest BCUT2D eigenvalue weighted by atomic mass is 10.1. The van der Waals surface area contributed by atoms with Crippen molar-refractivity contribution in [1.82, 2.24) is 15.2 Å². The summed E-state index contributed by atoms with van der Waals surface area (Å²) in [5.74, 6) is 1.61. The molecule has 0 spiro atoms. The molecule has 2 aromatic rings. The third-order valence-corrected chi connectivity index (χ3v) is 3.83. The Kier molecular flexibility index (Phi) is 4.28. The highest BCUT2D eigenvalue weighted by molar-refractivity contribution is 5.59. The summed E-state index contributed by atoms with van der Waals surface area (Å²) in [5.41, 5.74) is 1.13. The van der Waals surface area contributed by atoms with Gasteiger partial charge in [0.05, 0.1) is 6.20 Å². The molecule has 0 N–H and O–H groups in total. The van der Waals surface area contributed by atoms with E-state index in [-0.39, 0.29) is 0 Å². The highest BCUT2D eigenvalue weighted by Gasteiger charge is 2.16. The Balaban J connectivity index is 1.87. The van der Waals surface area contributed by atoms with Crippen molar-refractivity contribution in [2.24, 2.45) is 0 Å². The van der Waals surface area contributed by atoms with Crippen LogP contribution in [0, 0.1) is 0 Å². The molecule has 5 nitrogen and oxygen atoms in total. The molecule has 0 unspecified atom stereocenters. The second-order valence-corrected chi connectivity index (χ2v) is 5.24. The fourth-order valence-corrected chi connectivity index (χ4v) is 2.73. The lowest BCUT2D eigenvalue weighted by molar-refractivity contribution is 0.565. The fourth-order valence-electron chi connectivity index (χ4n) is 2.73. The number of para-hydroxylation sites is 1. The number of benzene rings is 1. The van der Waals surface area contributed by atoms with Crippen molar-refractivity contribution in [1.29, 1.82) is 0 Å². The van der Waals surface area contributed by atoms with Crippen LogP contribution in [0.5, 0.6) is 0 Å². The molecule has 1 fully saturated rings. The maximum absolute atomic E-state index is 4.72. The molecular formula is C16H21N5. The zero-order valence-corrected chi connectivity index (χ0v) is 12.4. The molecule has 0 amide bonds. The minimum Gasteiger partial charge on any atom is -0.339 e. The van der Waals surface area contributed by atoms with Crippen LogP contribution in [0.1, 0.15) is 26.2 Å². The van der Waals surface area contributed by atoms with Crippen molar-refractivity contribution in [2.75, 3.05) is 29.4 Å². The van der Waals surface area contributed by atoms with E-state index >= 15 is 0 Å². The van der Waals surface area contributed by atoms with Gasteiger partial charge in [-0.3, -0.25) is 0 Å². The number of hydrogen-bond donors (Lipinski definition) is 0. The molecule has 1 aromatic carbocycles. The lowest BCUT2D eigenvalue weighted by Gasteiger charge is -2.27. The van der Waals surface area contributed by atoms with Crippen molar-refractivity contribution >= 4 is 17.5 Å². The Labute approximate surface area is 125 Å². The first-order chi connectivity index (χ1) is 10.4. The van der Waals surface area contributed by atoms with E-state index in [0.717, 1.165) is 37.1 Å². The molecule has 2 heterocycles. The molecule has 1 aromatic heterocycles. The third-order valence-electron chi connectivity index (χ3n) is 3.83. The smallest absolute Gasteiger partial charge is 0.247 e. The molecule has 0 bridgehead atoms. The summed E-state index contributed by atoms with van der Waals surface area (Å²) in [6.45, 7) is 5.03. The fraction of sp³-hybridized carbons (Fsp3) is 0.438. The molecule has 21 heavy (non-hydrogen) atoms. The lowest BCUT2D eigenvalue weighted by Crippen LogP contribution is -2.31. The standard InChI is InChI=1S/C16H21N5/c1-2-21(14-9-5-3-6-10-14)15-13-17-19-16(18-15)20-11-7-4-8-12-20/h3,5-6,9-10,13H,2,4,7-8,11-12H2,1H3. The van der Waals surface area contributed by atoms with Gasteiger partial charge in [-0.05, 0) is 38.3 Å². The average molecular weight is 283 g/mol. The van der Waals surface area contributed by atoms with Crippen LogP contribution >= 0.6 is 0 Å². The van der Waals surface area contributed by atoms with E-state index < -0.39 is 0 Å². The average Bonchev–Trinajstić information content (AvgIpc) is 2.58. The molecule has 0 aliphatic carbocycles. The van der Waals surface area contributed by atoms with Crippen LogP contribution in [0.15, 0.2) is 36.5 Å². The maximum Gasteiger partial charge on any atom is 0.247 e. The Hall–Kier alpha value is -2.17. The quantitative estimate of drug-likeness (QED) is 0.863. The van der Waals surface area contributed by atoms with Gasteiger partial charge in [0.1, 0.15) is 0 Å². The molecular weight excluding hydrogens is 262 g/mol. The Morgan fingerprint density at radius 3 is 2.57 bits per heavy atom. The van der Waals surface area contributed by atoms with Crippen molar-refractivity contribution in [2.45, 2.75) is 26.2 Å². The minimum atomic E-state index is 0.751. The monoisotopic (exact) mass is 283 g/mol. The zero-order chi connectivity index (χ0) is 14.5. The minimum absolute atomic E-state index is 0.751. The van der Waals surface area contributed by atoms with E-state index in [2.05, 4.69) is 39.1 Å². The van der Waals surface area contributed by atoms with Crippen LogP contribution in [0.4, 0.5) is 17.5 Å².